The highest BCUT2D eigenvalue weighted by Gasteiger charge is 2.48. The van der Waals surface area contributed by atoms with Crippen molar-refractivity contribution in [2.24, 2.45) is 5.92 Å². The van der Waals surface area contributed by atoms with Gasteiger partial charge in [0.05, 0.1) is 0 Å². The molecule has 1 aliphatic rings. The highest BCUT2D eigenvalue weighted by molar-refractivity contribution is 7.88. The van der Waals surface area contributed by atoms with Crippen molar-refractivity contribution in [3.05, 3.63) is 41.5 Å². The zero-order valence-corrected chi connectivity index (χ0v) is 15.0. The number of halogens is 3. The summed E-state index contributed by atoms with van der Waals surface area (Å²) in [5.41, 5.74) is -3.66. The second kappa shape index (κ2) is 6.86. The van der Waals surface area contributed by atoms with Crippen LogP contribution in [0, 0.1) is 5.92 Å². The third-order valence-electron chi connectivity index (χ3n) is 4.31. The second-order valence-corrected chi connectivity index (χ2v) is 7.93. The molecule has 0 bridgehead atoms. The first kappa shape index (κ1) is 20.2. The second-order valence-electron chi connectivity index (χ2n) is 6.39. The van der Waals surface area contributed by atoms with E-state index < -0.39 is 38.8 Å². The zero-order valence-electron chi connectivity index (χ0n) is 14.2. The van der Waals surface area contributed by atoms with Gasteiger partial charge in [-0.2, -0.15) is 21.6 Å². The fourth-order valence-electron chi connectivity index (χ4n) is 3.07. The molecule has 5 nitrogen and oxygen atoms in total. The molecule has 9 heteroatoms. The topological polar surface area (TPSA) is 83.8 Å². The molecule has 2 rings (SSSR count). The van der Waals surface area contributed by atoms with Gasteiger partial charge in [-0.1, -0.05) is 23.8 Å². The minimum Gasteiger partial charge on any atom is -0.507 e. The molecule has 144 valence electrons. The van der Waals surface area contributed by atoms with Crippen LogP contribution in [-0.4, -0.2) is 24.1 Å². The van der Waals surface area contributed by atoms with Crippen LogP contribution in [0.3, 0.4) is 0 Å². The highest BCUT2D eigenvalue weighted by Crippen LogP contribution is 2.47. The summed E-state index contributed by atoms with van der Waals surface area (Å²) >= 11 is 0. The van der Waals surface area contributed by atoms with Crippen molar-refractivity contribution in [1.29, 1.82) is 0 Å². The first-order valence-corrected chi connectivity index (χ1v) is 9.13. The predicted octanol–water partition coefficient (Wildman–Crippen LogP) is 4.34. The quantitative estimate of drug-likeness (QED) is 0.452. The number of phenolic OH excluding ortho intramolecular Hbond substituents is 2. The van der Waals surface area contributed by atoms with Gasteiger partial charge in [-0.05, 0) is 32.6 Å². The molecule has 0 fully saturated rings. The van der Waals surface area contributed by atoms with Gasteiger partial charge in [0.1, 0.15) is 17.2 Å². The summed E-state index contributed by atoms with van der Waals surface area (Å²) < 4.78 is 63.4. The van der Waals surface area contributed by atoms with Crippen LogP contribution in [0.4, 0.5) is 13.2 Å². The van der Waals surface area contributed by atoms with Gasteiger partial charge in [0.15, 0.2) is 0 Å². The Morgan fingerprint density at radius 1 is 1.27 bits per heavy atom. The molecule has 0 aliphatic heterocycles. The molecule has 0 amide bonds. The molecule has 0 radical (unpaired) electrons. The summed E-state index contributed by atoms with van der Waals surface area (Å²) in [5, 5.41) is 20.5. The van der Waals surface area contributed by atoms with Gasteiger partial charge in [-0.25, -0.2) is 0 Å². The lowest BCUT2D eigenvalue weighted by atomic mass is 9.74. The van der Waals surface area contributed by atoms with Crippen LogP contribution in [0.1, 0.15) is 38.2 Å². The van der Waals surface area contributed by atoms with E-state index in [0.717, 1.165) is 36.1 Å². The molecule has 0 aromatic heterocycles. The van der Waals surface area contributed by atoms with Crippen molar-refractivity contribution in [2.75, 3.05) is 0 Å². The number of allylic oxidation sites excluding steroid dienone is 3. The monoisotopic (exact) mass is 392 g/mol. The summed E-state index contributed by atoms with van der Waals surface area (Å²) in [6, 6.07) is 1.48. The van der Waals surface area contributed by atoms with Crippen molar-refractivity contribution in [1.82, 2.24) is 0 Å². The average Bonchev–Trinajstić information content (AvgIpc) is 2.44. The third-order valence-corrected chi connectivity index (χ3v) is 5.29. The van der Waals surface area contributed by atoms with E-state index in [4.69, 9.17) is 0 Å². The molecule has 2 N–H and O–H groups in total. The molecule has 26 heavy (non-hydrogen) atoms. The molecule has 0 heterocycles. The molecule has 0 saturated carbocycles. The lowest BCUT2D eigenvalue weighted by Crippen LogP contribution is -2.28. The summed E-state index contributed by atoms with van der Waals surface area (Å²) in [6.07, 6.45) is 3.41. The number of hydrogen-bond donors (Lipinski definition) is 2. The van der Waals surface area contributed by atoms with Crippen LogP contribution < -0.4 is 4.18 Å². The van der Waals surface area contributed by atoms with Crippen LogP contribution in [0.5, 0.6) is 17.2 Å². The maximum absolute atomic E-state index is 12.4. The molecular weight excluding hydrogens is 373 g/mol. The van der Waals surface area contributed by atoms with E-state index in [1.165, 1.54) is 0 Å². The lowest BCUT2D eigenvalue weighted by molar-refractivity contribution is -0.0500. The summed E-state index contributed by atoms with van der Waals surface area (Å²) in [6.45, 7) is 7.62. The van der Waals surface area contributed by atoms with E-state index in [-0.39, 0.29) is 11.5 Å². The Hall–Kier alpha value is -2.16. The Kier molecular flexibility index (Phi) is 5.32. The van der Waals surface area contributed by atoms with Gasteiger partial charge in [0.25, 0.3) is 0 Å². The van der Waals surface area contributed by atoms with Crippen molar-refractivity contribution >= 4 is 10.1 Å². The fourth-order valence-corrected chi connectivity index (χ4v) is 3.51. The van der Waals surface area contributed by atoms with Crippen LogP contribution >= 0.6 is 0 Å². The van der Waals surface area contributed by atoms with Crippen LogP contribution in [0.25, 0.3) is 0 Å². The lowest BCUT2D eigenvalue weighted by Gasteiger charge is -2.31. The third kappa shape index (κ3) is 3.98. The normalized spacial score (nSPS) is 21.2. The Balaban J connectivity index is 2.47. The Morgan fingerprint density at radius 2 is 1.81 bits per heavy atom. The molecule has 0 spiro atoms. The molecular formula is C17H19F3O5S. The fraction of sp³-hybridized carbons (Fsp3) is 0.412. The molecule has 0 saturated heterocycles. The standard InChI is InChI=1S/C17H19F3O5S/c1-9(2)12-5-4-10(3)6-13(12)16-14(21)7-11(8-15(16)22)25-26(23,24)17(18,19)20/h6-8,12-13,21-22H,1,4-5H2,2-3H3/t12-,13-/m0/s1. The maximum Gasteiger partial charge on any atom is 0.534 e. The van der Waals surface area contributed by atoms with Gasteiger partial charge in [0, 0.05) is 23.6 Å². The zero-order chi connectivity index (χ0) is 19.9. The predicted molar refractivity (Wildman–Crippen MR) is 89.4 cm³/mol. The summed E-state index contributed by atoms with van der Waals surface area (Å²) in [4.78, 5) is 0. The van der Waals surface area contributed by atoms with Gasteiger partial charge < -0.3 is 14.4 Å². The van der Waals surface area contributed by atoms with E-state index in [2.05, 4.69) is 10.8 Å². The Labute approximate surface area is 149 Å². The number of benzene rings is 1. The van der Waals surface area contributed by atoms with E-state index in [9.17, 15) is 31.8 Å². The molecule has 1 aromatic rings. The summed E-state index contributed by atoms with van der Waals surface area (Å²) in [5.74, 6) is -2.46. The number of rotatable bonds is 4. The van der Waals surface area contributed by atoms with E-state index >= 15 is 0 Å². The van der Waals surface area contributed by atoms with Crippen LogP contribution in [-0.2, 0) is 10.1 Å². The SMILES string of the molecule is C=C(C)[C@@H]1CCC(C)=C[C@@H]1c1c(O)cc(OS(=O)(=O)C(F)(F)F)cc1O. The Bertz CT molecular complexity index is 833. The highest BCUT2D eigenvalue weighted by atomic mass is 32.2. The van der Waals surface area contributed by atoms with Crippen LogP contribution in [0.15, 0.2) is 35.9 Å². The molecule has 0 unspecified atom stereocenters. The Morgan fingerprint density at radius 3 is 2.27 bits per heavy atom. The van der Waals surface area contributed by atoms with Crippen molar-refractivity contribution in [3.63, 3.8) is 0 Å². The van der Waals surface area contributed by atoms with E-state index in [1.54, 1.807) is 0 Å². The van der Waals surface area contributed by atoms with E-state index in [0.29, 0.717) is 0 Å². The van der Waals surface area contributed by atoms with E-state index in [1.807, 2.05) is 19.9 Å². The average molecular weight is 392 g/mol. The van der Waals surface area contributed by atoms with Gasteiger partial charge in [-0.15, -0.1) is 0 Å². The molecule has 2 atom stereocenters. The maximum atomic E-state index is 12.4. The molecule has 1 aromatic carbocycles. The van der Waals surface area contributed by atoms with Crippen molar-refractivity contribution in [3.8, 4) is 17.2 Å². The van der Waals surface area contributed by atoms with Crippen LogP contribution in [0.2, 0.25) is 0 Å². The minimum absolute atomic E-state index is 0.0822. The van der Waals surface area contributed by atoms with Gasteiger partial charge >= 0.3 is 15.6 Å². The molecule has 1 aliphatic carbocycles. The van der Waals surface area contributed by atoms with Crippen molar-refractivity contribution < 1.29 is 36.0 Å². The van der Waals surface area contributed by atoms with Gasteiger partial charge in [-0.3, -0.25) is 0 Å². The largest absolute Gasteiger partial charge is 0.534 e. The smallest absolute Gasteiger partial charge is 0.507 e. The summed E-state index contributed by atoms with van der Waals surface area (Å²) in [7, 11) is -5.90. The minimum atomic E-state index is -5.90. The number of hydrogen-bond acceptors (Lipinski definition) is 5. The van der Waals surface area contributed by atoms with Gasteiger partial charge in [0.2, 0.25) is 0 Å². The number of alkyl halides is 3. The number of phenols is 2. The van der Waals surface area contributed by atoms with Crippen molar-refractivity contribution in [2.45, 2.75) is 38.1 Å². The number of aromatic hydroxyl groups is 2. The first-order chi connectivity index (χ1) is 11.8. The first-order valence-electron chi connectivity index (χ1n) is 7.73.